The Balaban J connectivity index is 2.01. The average molecular weight is 520 g/mol. The highest BCUT2D eigenvalue weighted by atomic mass is 19.3. The lowest BCUT2D eigenvalue weighted by atomic mass is 9.96. The number of rotatable bonds is 11. The van der Waals surface area contributed by atoms with Gasteiger partial charge >= 0.3 is 6.61 Å². The summed E-state index contributed by atoms with van der Waals surface area (Å²) in [5, 5.41) is 2.60. The van der Waals surface area contributed by atoms with Crippen LogP contribution in [0.25, 0.3) is 11.1 Å². The van der Waals surface area contributed by atoms with E-state index in [1.807, 2.05) is 0 Å². The van der Waals surface area contributed by atoms with E-state index in [0.29, 0.717) is 28.8 Å². The number of hydrogen-bond donors (Lipinski definition) is 1. The Morgan fingerprint density at radius 3 is 2.46 bits per heavy atom. The van der Waals surface area contributed by atoms with E-state index in [0.717, 1.165) is 0 Å². The summed E-state index contributed by atoms with van der Waals surface area (Å²) in [6.45, 7) is -1.79. The molecule has 3 rings (SSSR count). The third kappa shape index (κ3) is 6.72. The number of nitrogens with one attached hydrogen (secondary N) is 1. The van der Waals surface area contributed by atoms with Crippen molar-refractivity contribution in [1.29, 1.82) is 0 Å². The largest absolute Gasteiger partial charge is 0.480 e. The number of aldehydes is 1. The van der Waals surface area contributed by atoms with E-state index in [2.05, 4.69) is 20.0 Å². The molecule has 1 aromatic carbocycles. The first-order valence-electron chi connectivity index (χ1n) is 11.0. The lowest BCUT2D eigenvalue weighted by Gasteiger charge is -2.25. The lowest BCUT2D eigenvalue weighted by Crippen LogP contribution is -2.30. The van der Waals surface area contributed by atoms with Crippen LogP contribution in [0.5, 0.6) is 11.8 Å². The molecule has 0 aliphatic heterocycles. The molecule has 0 fully saturated rings. The zero-order valence-corrected chi connectivity index (χ0v) is 20.1. The number of ether oxygens (including phenoxy) is 2. The maximum absolute atomic E-state index is 13.0. The Bertz CT molecular complexity index is 1240. The maximum Gasteiger partial charge on any atom is 0.388 e. The number of aromatic nitrogens is 2. The summed E-state index contributed by atoms with van der Waals surface area (Å²) in [6, 6.07) is 9.59. The van der Waals surface area contributed by atoms with Crippen molar-refractivity contribution in [3.8, 4) is 22.9 Å². The predicted octanol–water partition coefficient (Wildman–Crippen LogP) is 5.07. The number of carbonyl (C=O) groups is 2. The molecule has 0 bridgehead atoms. The van der Waals surface area contributed by atoms with Gasteiger partial charge in [0, 0.05) is 36.1 Å². The zero-order valence-electron chi connectivity index (χ0n) is 20.1. The summed E-state index contributed by atoms with van der Waals surface area (Å²) >= 11 is 0. The van der Waals surface area contributed by atoms with Crippen molar-refractivity contribution in [2.75, 3.05) is 30.9 Å². The Labute approximate surface area is 210 Å². The van der Waals surface area contributed by atoms with Gasteiger partial charge in [-0.15, -0.1) is 0 Å². The van der Waals surface area contributed by atoms with Gasteiger partial charge in [-0.3, -0.25) is 9.78 Å². The summed E-state index contributed by atoms with van der Waals surface area (Å²) < 4.78 is 61.4. The quantitative estimate of drug-likeness (QED) is 0.279. The number of pyridine rings is 2. The second-order valence-corrected chi connectivity index (χ2v) is 7.93. The van der Waals surface area contributed by atoms with Crippen molar-refractivity contribution in [3.63, 3.8) is 0 Å². The number of halogens is 4. The normalized spacial score (nSPS) is 11.8. The van der Waals surface area contributed by atoms with Gasteiger partial charge in [-0.25, -0.2) is 8.78 Å². The first-order valence-corrected chi connectivity index (χ1v) is 11.0. The SMILES string of the molecule is COc1nc(OC(F)F)cc(N(C)CC(=O)Nc2ccc(C(F)F)cc2)c1-c1cccnc1[C@H](C)C=O. The minimum Gasteiger partial charge on any atom is -0.480 e. The summed E-state index contributed by atoms with van der Waals surface area (Å²) in [7, 11) is 2.82. The Morgan fingerprint density at radius 2 is 1.86 bits per heavy atom. The third-order valence-corrected chi connectivity index (χ3v) is 5.33. The fourth-order valence-electron chi connectivity index (χ4n) is 3.61. The molecule has 0 unspecified atom stereocenters. The molecule has 1 atom stereocenters. The number of alkyl halides is 4. The van der Waals surface area contributed by atoms with Gasteiger partial charge in [0.25, 0.3) is 6.43 Å². The van der Waals surface area contributed by atoms with Gasteiger partial charge in [-0.2, -0.15) is 13.8 Å². The van der Waals surface area contributed by atoms with Crippen LogP contribution in [0.1, 0.15) is 30.5 Å². The molecular weight excluding hydrogens is 496 g/mol. The minimum atomic E-state index is -3.16. The van der Waals surface area contributed by atoms with E-state index in [1.165, 1.54) is 55.6 Å². The van der Waals surface area contributed by atoms with Gasteiger partial charge in [0.15, 0.2) is 0 Å². The second-order valence-electron chi connectivity index (χ2n) is 7.93. The number of methoxy groups -OCH3 is 1. The molecule has 0 radical (unpaired) electrons. The average Bonchev–Trinajstić information content (AvgIpc) is 2.87. The van der Waals surface area contributed by atoms with E-state index < -0.39 is 30.7 Å². The standard InChI is InChI=1S/C25H24F4N4O4/c1-14(13-34)22-17(5-4-10-30-22)21-18(11-20(37-25(28)29)32-24(21)36-3)33(2)12-19(35)31-16-8-6-15(7-9-16)23(26)27/h4-11,13-14,23,25H,12H2,1-3H3,(H,31,35)/t14-/m1/s1. The molecule has 0 saturated carbocycles. The van der Waals surface area contributed by atoms with Gasteiger partial charge in [-0.1, -0.05) is 25.1 Å². The Hall–Kier alpha value is -4.22. The summed E-state index contributed by atoms with van der Waals surface area (Å²) in [4.78, 5) is 34.0. The summed E-state index contributed by atoms with van der Waals surface area (Å²) in [5.41, 5.74) is 1.48. The number of likely N-dealkylation sites (N-methyl/N-ethyl adjacent to an activating group) is 1. The fraction of sp³-hybridized carbons (Fsp3) is 0.280. The zero-order chi connectivity index (χ0) is 27.1. The van der Waals surface area contributed by atoms with E-state index >= 15 is 0 Å². The molecule has 1 N–H and O–H groups in total. The molecule has 0 aliphatic rings. The van der Waals surface area contributed by atoms with Crippen LogP contribution in [-0.4, -0.2) is 49.5 Å². The Kier molecular flexibility index (Phi) is 8.99. The molecule has 196 valence electrons. The van der Waals surface area contributed by atoms with Crippen molar-refractivity contribution in [2.24, 2.45) is 0 Å². The molecule has 8 nitrogen and oxygen atoms in total. The monoisotopic (exact) mass is 520 g/mol. The third-order valence-electron chi connectivity index (χ3n) is 5.33. The van der Waals surface area contributed by atoms with Crippen LogP contribution in [0.3, 0.4) is 0 Å². The van der Waals surface area contributed by atoms with Gasteiger partial charge in [0.05, 0.1) is 36.5 Å². The number of benzene rings is 1. The van der Waals surface area contributed by atoms with Crippen LogP contribution >= 0.6 is 0 Å². The molecule has 2 aromatic heterocycles. The molecule has 12 heteroatoms. The van der Waals surface area contributed by atoms with Crippen LogP contribution in [-0.2, 0) is 9.59 Å². The first-order chi connectivity index (χ1) is 17.6. The van der Waals surface area contributed by atoms with Crippen molar-refractivity contribution < 1.29 is 36.6 Å². The molecule has 2 heterocycles. The van der Waals surface area contributed by atoms with Gasteiger partial charge in [0.2, 0.25) is 17.7 Å². The number of amides is 1. The minimum absolute atomic E-state index is 0.0876. The highest BCUT2D eigenvalue weighted by Crippen LogP contribution is 2.42. The molecule has 0 aliphatic carbocycles. The smallest absolute Gasteiger partial charge is 0.388 e. The highest BCUT2D eigenvalue weighted by molar-refractivity contribution is 5.95. The predicted molar refractivity (Wildman–Crippen MR) is 128 cm³/mol. The van der Waals surface area contributed by atoms with E-state index in [4.69, 9.17) is 4.74 Å². The first kappa shape index (κ1) is 27.4. The van der Waals surface area contributed by atoms with E-state index in [1.54, 1.807) is 19.1 Å². The Morgan fingerprint density at radius 1 is 1.16 bits per heavy atom. The molecule has 3 aromatic rings. The topological polar surface area (TPSA) is 93.7 Å². The van der Waals surface area contributed by atoms with E-state index in [-0.39, 0.29) is 23.7 Å². The number of carbonyl (C=O) groups excluding carboxylic acids is 2. The fourth-order valence-corrected chi connectivity index (χ4v) is 3.61. The van der Waals surface area contributed by atoms with Crippen LogP contribution in [0.4, 0.5) is 28.9 Å². The maximum atomic E-state index is 13.0. The number of hydrogen-bond acceptors (Lipinski definition) is 7. The van der Waals surface area contributed by atoms with Gasteiger partial charge in [-0.05, 0) is 18.2 Å². The molecule has 0 spiro atoms. The molecular formula is C25H24F4N4O4. The molecule has 0 saturated heterocycles. The van der Waals surface area contributed by atoms with Crippen molar-refractivity contribution >= 4 is 23.6 Å². The highest BCUT2D eigenvalue weighted by Gasteiger charge is 2.25. The van der Waals surface area contributed by atoms with Crippen molar-refractivity contribution in [2.45, 2.75) is 25.9 Å². The van der Waals surface area contributed by atoms with Crippen LogP contribution in [0.2, 0.25) is 0 Å². The molecule has 1 amide bonds. The second kappa shape index (κ2) is 12.2. The van der Waals surface area contributed by atoms with Crippen LogP contribution < -0.4 is 19.7 Å². The number of nitrogens with zero attached hydrogens (tertiary/aromatic N) is 3. The molecule has 37 heavy (non-hydrogen) atoms. The summed E-state index contributed by atoms with van der Waals surface area (Å²) in [5.74, 6) is -1.67. The van der Waals surface area contributed by atoms with Crippen molar-refractivity contribution in [1.82, 2.24) is 9.97 Å². The lowest BCUT2D eigenvalue weighted by molar-refractivity contribution is -0.115. The van der Waals surface area contributed by atoms with Gasteiger partial charge in [0.1, 0.15) is 6.29 Å². The summed E-state index contributed by atoms with van der Waals surface area (Å²) in [6.07, 6.45) is -0.431. The van der Waals surface area contributed by atoms with Gasteiger partial charge < -0.3 is 24.5 Å². The number of anilines is 2. The van der Waals surface area contributed by atoms with Crippen molar-refractivity contribution in [3.05, 3.63) is 59.9 Å². The van der Waals surface area contributed by atoms with Crippen LogP contribution in [0, 0.1) is 0 Å². The van der Waals surface area contributed by atoms with E-state index in [9.17, 15) is 27.2 Å². The van der Waals surface area contributed by atoms with Crippen LogP contribution in [0.15, 0.2) is 48.7 Å².